The van der Waals surface area contributed by atoms with E-state index in [1.807, 2.05) is 0 Å². The predicted octanol–water partition coefficient (Wildman–Crippen LogP) is 8.08. The predicted molar refractivity (Wildman–Crippen MR) is 187 cm³/mol. The highest BCUT2D eigenvalue weighted by Crippen LogP contribution is 2.48. The Balaban J connectivity index is 1.39. The summed E-state index contributed by atoms with van der Waals surface area (Å²) in [6.45, 7) is 5.66. The first-order chi connectivity index (χ1) is 21.7. The first-order valence-electron chi connectivity index (χ1n) is 15.6. The molecule has 3 aliphatic rings. The van der Waals surface area contributed by atoms with Gasteiger partial charge in [0.2, 0.25) is 0 Å². The lowest BCUT2D eigenvalue weighted by Crippen LogP contribution is -2.61. The third-order valence-electron chi connectivity index (χ3n) is 9.70. The van der Waals surface area contributed by atoms with E-state index in [1.165, 1.54) is 61.5 Å². The summed E-state index contributed by atoms with van der Waals surface area (Å²) >= 11 is 0. The Morgan fingerprint density at radius 2 is 1.23 bits per heavy atom. The quantitative estimate of drug-likeness (QED) is 0.200. The summed E-state index contributed by atoms with van der Waals surface area (Å²) in [4.78, 5) is 7.53. The molecule has 0 amide bonds. The number of benzene rings is 6. The number of rotatable bonds is 4. The van der Waals surface area contributed by atoms with Crippen LogP contribution in [-0.4, -0.2) is 13.3 Å². The van der Waals surface area contributed by atoms with Gasteiger partial charge >= 0.3 is 0 Å². The van der Waals surface area contributed by atoms with E-state index in [9.17, 15) is 0 Å². The van der Waals surface area contributed by atoms with Gasteiger partial charge in [0.15, 0.2) is 0 Å². The highest BCUT2D eigenvalue weighted by atomic mass is 15.2. The maximum absolute atomic E-state index is 2.62. The Bertz CT molecular complexity index is 2020. The van der Waals surface area contributed by atoms with Crippen molar-refractivity contribution in [1.29, 1.82) is 0 Å². The number of hydrogen-bond donors (Lipinski definition) is 0. The van der Waals surface area contributed by atoms with E-state index in [0.717, 1.165) is 30.0 Å². The summed E-state index contributed by atoms with van der Waals surface area (Å²) < 4.78 is 0. The van der Waals surface area contributed by atoms with Gasteiger partial charge in [-0.3, -0.25) is 0 Å². The average Bonchev–Trinajstić information content (AvgIpc) is 3.52. The van der Waals surface area contributed by atoms with Gasteiger partial charge in [0.1, 0.15) is 0 Å². The fraction of sp³-hybridized carbons (Fsp3) is 0.100. The Morgan fingerprint density at radius 3 is 1.93 bits per heavy atom. The molecule has 0 atom stereocenters. The molecule has 0 spiro atoms. The molecular weight excluding hydrogens is 533 g/mol. The molecule has 9 rings (SSSR count). The van der Waals surface area contributed by atoms with Gasteiger partial charge in [-0.1, -0.05) is 78.9 Å². The minimum Gasteiger partial charge on any atom is -0.342 e. The van der Waals surface area contributed by atoms with Crippen LogP contribution in [0.15, 0.2) is 133 Å². The van der Waals surface area contributed by atoms with E-state index in [-0.39, 0.29) is 6.71 Å². The largest absolute Gasteiger partial charge is 0.342 e. The third kappa shape index (κ3) is 3.64. The van der Waals surface area contributed by atoms with Crippen LogP contribution in [-0.2, 0) is 6.42 Å². The minimum absolute atomic E-state index is 0.176. The van der Waals surface area contributed by atoms with E-state index >= 15 is 0 Å². The molecule has 0 aromatic heterocycles. The molecule has 0 fully saturated rings. The zero-order chi connectivity index (χ0) is 29.4. The van der Waals surface area contributed by atoms with Crippen molar-refractivity contribution in [3.05, 3.63) is 150 Å². The maximum atomic E-state index is 2.62. The van der Waals surface area contributed by atoms with Crippen molar-refractivity contribution in [2.24, 2.45) is 0 Å². The molecule has 0 saturated carbocycles. The molecule has 0 N–H and O–H groups in total. The molecule has 0 aliphatic carbocycles. The van der Waals surface area contributed by atoms with Crippen LogP contribution in [0.1, 0.15) is 16.7 Å². The summed E-state index contributed by atoms with van der Waals surface area (Å²) in [6, 6.07) is 49.1. The molecule has 210 valence electrons. The van der Waals surface area contributed by atoms with E-state index in [2.05, 4.69) is 162 Å². The topological polar surface area (TPSA) is 9.72 Å². The second kappa shape index (κ2) is 9.65. The van der Waals surface area contributed by atoms with Crippen LogP contribution in [0.4, 0.5) is 45.5 Å². The highest BCUT2D eigenvalue weighted by Gasteiger charge is 2.45. The Kier molecular flexibility index (Phi) is 5.55. The summed E-state index contributed by atoms with van der Waals surface area (Å²) in [5.74, 6) is 0. The van der Waals surface area contributed by atoms with Crippen molar-refractivity contribution in [3.63, 3.8) is 0 Å². The van der Waals surface area contributed by atoms with Gasteiger partial charge in [0, 0.05) is 46.4 Å². The first-order valence-corrected chi connectivity index (χ1v) is 15.6. The molecule has 44 heavy (non-hydrogen) atoms. The smallest absolute Gasteiger partial charge is 0.252 e. The Labute approximate surface area is 259 Å². The zero-order valence-corrected chi connectivity index (χ0v) is 25.0. The average molecular weight is 566 g/mol. The van der Waals surface area contributed by atoms with Gasteiger partial charge in [-0.2, -0.15) is 0 Å². The molecule has 4 heteroatoms. The number of fused-ring (bicyclic) bond motifs is 4. The molecule has 0 radical (unpaired) electrons. The van der Waals surface area contributed by atoms with Crippen molar-refractivity contribution in [2.75, 3.05) is 21.2 Å². The van der Waals surface area contributed by atoms with Gasteiger partial charge in [-0.25, -0.2) is 0 Å². The van der Waals surface area contributed by atoms with Crippen molar-refractivity contribution in [1.82, 2.24) is 0 Å². The van der Waals surface area contributed by atoms with Gasteiger partial charge in [0.05, 0.1) is 5.69 Å². The fourth-order valence-electron chi connectivity index (χ4n) is 7.80. The lowest BCUT2D eigenvalue weighted by Gasteiger charge is -2.44. The molecule has 0 bridgehead atoms. The van der Waals surface area contributed by atoms with E-state index in [0.29, 0.717) is 0 Å². The lowest BCUT2D eigenvalue weighted by molar-refractivity contribution is 0.995. The van der Waals surface area contributed by atoms with Crippen LogP contribution in [0, 0.1) is 13.8 Å². The standard InChI is InChI=1S/C40H32BN3/c1-27-18-20-34-36(24-27)44(31-16-10-5-11-17-31)38-26-32(43(29-12-6-3-7-13-29)30-14-8-4-9-15-30)25-37-39(38)41(34)35-21-19-28(2)33-22-23-42(37)40(33)35/h3-21,24-26H,22-23H2,1-2H3. The normalized spacial score (nSPS) is 13.8. The molecule has 0 saturated heterocycles. The van der Waals surface area contributed by atoms with Crippen molar-refractivity contribution >= 4 is 68.6 Å². The SMILES string of the molecule is Cc1ccc2c(c1)N(c1ccccc1)c1cc(N(c3ccccc3)c3ccccc3)cc3c1B2c1ccc(C)c2c1N3CC2. The van der Waals surface area contributed by atoms with E-state index < -0.39 is 0 Å². The molecule has 3 aliphatic heterocycles. The van der Waals surface area contributed by atoms with Gasteiger partial charge < -0.3 is 14.7 Å². The summed E-state index contributed by atoms with van der Waals surface area (Å²) in [7, 11) is 0. The minimum atomic E-state index is 0.176. The van der Waals surface area contributed by atoms with Crippen molar-refractivity contribution < 1.29 is 0 Å². The number of para-hydroxylation sites is 3. The van der Waals surface area contributed by atoms with Gasteiger partial charge in [-0.05, 0) is 108 Å². The summed E-state index contributed by atoms with van der Waals surface area (Å²) in [5.41, 5.74) is 18.3. The van der Waals surface area contributed by atoms with Crippen LogP contribution >= 0.6 is 0 Å². The lowest BCUT2D eigenvalue weighted by atomic mass is 9.33. The highest BCUT2D eigenvalue weighted by molar-refractivity contribution is 7.00. The van der Waals surface area contributed by atoms with Crippen LogP contribution in [0.2, 0.25) is 0 Å². The van der Waals surface area contributed by atoms with Gasteiger partial charge in [-0.15, -0.1) is 0 Å². The molecule has 6 aromatic carbocycles. The summed E-state index contributed by atoms with van der Waals surface area (Å²) in [6.07, 6.45) is 1.07. The number of anilines is 8. The van der Waals surface area contributed by atoms with E-state index in [4.69, 9.17) is 0 Å². The zero-order valence-electron chi connectivity index (χ0n) is 25.0. The van der Waals surface area contributed by atoms with Crippen LogP contribution in [0.3, 0.4) is 0 Å². The fourth-order valence-corrected chi connectivity index (χ4v) is 7.80. The monoisotopic (exact) mass is 565 g/mol. The van der Waals surface area contributed by atoms with Crippen LogP contribution < -0.4 is 31.1 Å². The number of aryl methyl sites for hydroxylation is 2. The van der Waals surface area contributed by atoms with Gasteiger partial charge in [0.25, 0.3) is 6.71 Å². The van der Waals surface area contributed by atoms with Crippen molar-refractivity contribution in [3.8, 4) is 0 Å². The summed E-state index contributed by atoms with van der Waals surface area (Å²) in [5, 5.41) is 0. The van der Waals surface area contributed by atoms with Crippen LogP contribution in [0.25, 0.3) is 0 Å². The molecule has 3 heterocycles. The molecular formula is C40H32BN3. The Hall–Kier alpha value is -5.22. The third-order valence-corrected chi connectivity index (χ3v) is 9.70. The first kappa shape index (κ1) is 25.3. The molecule has 6 aromatic rings. The van der Waals surface area contributed by atoms with E-state index in [1.54, 1.807) is 0 Å². The number of hydrogen-bond acceptors (Lipinski definition) is 3. The molecule has 3 nitrogen and oxygen atoms in total. The Morgan fingerprint density at radius 1 is 0.591 bits per heavy atom. The van der Waals surface area contributed by atoms with Crippen molar-refractivity contribution in [2.45, 2.75) is 20.3 Å². The number of nitrogens with zero attached hydrogens (tertiary/aromatic N) is 3. The second-order valence-electron chi connectivity index (χ2n) is 12.3. The van der Waals surface area contributed by atoms with Crippen LogP contribution in [0.5, 0.6) is 0 Å². The maximum Gasteiger partial charge on any atom is 0.252 e. The molecule has 0 unspecified atom stereocenters. The second-order valence-corrected chi connectivity index (χ2v) is 12.3.